The van der Waals surface area contributed by atoms with Crippen LogP contribution in [0.15, 0.2) is 22.7 Å². The summed E-state index contributed by atoms with van der Waals surface area (Å²) in [4.78, 5) is 105. The number of aromatic hydroxyl groups is 2. The molecule has 2 aromatic rings. The molecule has 3 atom stereocenters. The molecule has 5 heterocycles. The highest BCUT2D eigenvalue weighted by Gasteiger charge is 2.65. The van der Waals surface area contributed by atoms with Gasteiger partial charge in [0, 0.05) is 5.38 Å². The molecule has 4 aliphatic heterocycles. The van der Waals surface area contributed by atoms with E-state index in [9.17, 15) is 54.0 Å². The van der Waals surface area contributed by atoms with Gasteiger partial charge in [0.2, 0.25) is 0 Å². The number of oxime groups is 1. The second-order valence-electron chi connectivity index (χ2n) is 10.4. The number of esters is 1. The number of nitrogens with zero attached hydrogens (tertiary/aromatic N) is 4. The highest BCUT2D eigenvalue weighted by molar-refractivity contribution is 7.13. The Morgan fingerprint density at radius 3 is 2.21 bits per heavy atom. The third-order valence-electron chi connectivity index (χ3n) is 7.52. The predicted octanol–water partition coefficient (Wildman–Crippen LogP) is -2.64. The smallest absolute Gasteiger partial charge is 0.372 e. The molecule has 0 bridgehead atoms. The lowest BCUT2D eigenvalue weighted by Crippen LogP contribution is -2.58. The molecule has 1 aromatic heterocycles. The van der Waals surface area contributed by atoms with Crippen LogP contribution in [0.1, 0.15) is 32.8 Å². The fourth-order valence-corrected chi connectivity index (χ4v) is 5.55. The van der Waals surface area contributed by atoms with Crippen LogP contribution in [0.2, 0.25) is 0 Å². The number of anilines is 1. The van der Waals surface area contributed by atoms with Crippen LogP contribution in [0.3, 0.4) is 0 Å². The van der Waals surface area contributed by atoms with Gasteiger partial charge in [-0.15, -0.1) is 11.3 Å². The number of nitrogens with one attached hydrogen (secondary N) is 1. The summed E-state index contributed by atoms with van der Waals surface area (Å²) >= 11 is 0.900. The summed E-state index contributed by atoms with van der Waals surface area (Å²) in [5.41, 5.74) is -0.711. The number of aliphatic carboxylic acids is 2. The van der Waals surface area contributed by atoms with Crippen molar-refractivity contribution in [1.29, 1.82) is 0 Å². The molecule has 3 fully saturated rings. The first-order chi connectivity index (χ1) is 22.2. The molecule has 0 saturated carbocycles. The number of amides is 4. The average Bonchev–Trinajstić information content (AvgIpc) is 3.72. The molecule has 7 N–H and O–H groups in total. The maximum Gasteiger partial charge on any atom is 0.372 e. The fourth-order valence-electron chi connectivity index (χ4n) is 5.00. The van der Waals surface area contributed by atoms with E-state index in [0.717, 1.165) is 23.5 Å². The van der Waals surface area contributed by atoms with Crippen LogP contribution >= 0.6 is 11.3 Å². The van der Waals surface area contributed by atoms with Gasteiger partial charge in [0.1, 0.15) is 37.6 Å². The second kappa shape index (κ2) is 10.9. The SMILES string of the molecule is Nc1nc(/C(=N/OC2(C(=O)O)COC2)C(=O)N[C@H]2CON(C3(C(=O)O)C[C@H](N4C(=O)c5cc(O)c(O)cc5C4=O)C(=O)O3)C2=O)cs1. The number of hydrogen-bond donors (Lipinski definition) is 6. The molecule has 0 aliphatic carbocycles. The quantitative estimate of drug-likeness (QED) is 0.0520. The van der Waals surface area contributed by atoms with Crippen molar-refractivity contribution in [2.75, 3.05) is 25.6 Å². The first-order valence-electron chi connectivity index (χ1n) is 13.2. The van der Waals surface area contributed by atoms with Crippen molar-refractivity contribution in [2.45, 2.75) is 29.8 Å². The average molecular weight is 677 g/mol. The molecule has 22 heteroatoms. The number of phenols is 2. The normalized spacial score (nSPS) is 25.0. The Morgan fingerprint density at radius 1 is 1.06 bits per heavy atom. The first-order valence-corrected chi connectivity index (χ1v) is 14.0. The zero-order chi connectivity index (χ0) is 34.0. The van der Waals surface area contributed by atoms with Gasteiger partial charge in [0.25, 0.3) is 29.2 Å². The number of hydroxylamine groups is 2. The number of imide groups is 1. The molecule has 1 unspecified atom stereocenters. The summed E-state index contributed by atoms with van der Waals surface area (Å²) in [7, 11) is 0. The van der Waals surface area contributed by atoms with Crippen LogP contribution in [-0.4, -0.2) is 126 Å². The number of carboxylic acid groups (broad SMARTS) is 2. The topological polar surface area (TPSA) is 307 Å². The Morgan fingerprint density at radius 2 is 1.70 bits per heavy atom. The number of cyclic esters (lactones) is 1. The van der Waals surface area contributed by atoms with Crippen LogP contribution in [0.25, 0.3) is 0 Å². The van der Waals surface area contributed by atoms with Crippen molar-refractivity contribution in [3.8, 4) is 11.5 Å². The Bertz CT molecular complexity index is 1780. The highest BCUT2D eigenvalue weighted by Crippen LogP contribution is 2.40. The van der Waals surface area contributed by atoms with E-state index in [0.29, 0.717) is 4.90 Å². The van der Waals surface area contributed by atoms with Gasteiger partial charge in [-0.1, -0.05) is 5.16 Å². The lowest BCUT2D eigenvalue weighted by atomic mass is 10.0. The molecule has 21 nitrogen and oxygen atoms in total. The molecule has 47 heavy (non-hydrogen) atoms. The minimum absolute atomic E-state index is 0.000422. The van der Waals surface area contributed by atoms with E-state index in [4.69, 9.17) is 24.9 Å². The van der Waals surface area contributed by atoms with E-state index in [1.807, 2.05) is 0 Å². The number of carboxylic acids is 2. The molecular formula is C25H20N6O15S. The van der Waals surface area contributed by atoms with E-state index in [1.165, 1.54) is 5.38 Å². The molecular weight excluding hydrogens is 656 g/mol. The van der Waals surface area contributed by atoms with Crippen LogP contribution < -0.4 is 11.1 Å². The first kappa shape index (κ1) is 31.1. The lowest BCUT2D eigenvalue weighted by molar-refractivity contribution is -0.256. The molecule has 4 aliphatic rings. The van der Waals surface area contributed by atoms with Crippen LogP contribution in [0.4, 0.5) is 5.13 Å². The number of benzene rings is 1. The lowest BCUT2D eigenvalue weighted by Gasteiger charge is -2.34. The Balaban J connectivity index is 1.22. The zero-order valence-electron chi connectivity index (χ0n) is 23.3. The number of ether oxygens (including phenoxy) is 2. The molecule has 1 aromatic carbocycles. The summed E-state index contributed by atoms with van der Waals surface area (Å²) in [6, 6.07) is -1.95. The summed E-state index contributed by atoms with van der Waals surface area (Å²) in [6.45, 7) is -1.47. The summed E-state index contributed by atoms with van der Waals surface area (Å²) < 4.78 is 9.95. The van der Waals surface area contributed by atoms with Gasteiger partial charge in [0.15, 0.2) is 22.3 Å². The number of aromatic nitrogens is 1. The summed E-state index contributed by atoms with van der Waals surface area (Å²) in [5.74, 6) is -10.9. The maximum absolute atomic E-state index is 13.4. The number of nitrogens with two attached hydrogens (primary N) is 1. The van der Waals surface area contributed by atoms with Crippen molar-refractivity contribution in [2.24, 2.45) is 5.16 Å². The van der Waals surface area contributed by atoms with Gasteiger partial charge in [-0.2, -0.15) is 5.06 Å². The van der Waals surface area contributed by atoms with E-state index in [2.05, 4.69) is 15.5 Å². The largest absolute Gasteiger partial charge is 0.504 e. The van der Waals surface area contributed by atoms with Crippen LogP contribution in [0.5, 0.6) is 11.5 Å². The van der Waals surface area contributed by atoms with Crippen molar-refractivity contribution in [1.82, 2.24) is 20.3 Å². The Labute approximate surface area is 263 Å². The number of thiazole rings is 1. The van der Waals surface area contributed by atoms with E-state index in [-0.39, 0.29) is 40.2 Å². The van der Waals surface area contributed by atoms with Gasteiger partial charge in [-0.3, -0.25) is 28.9 Å². The number of carbonyl (C=O) groups excluding carboxylic acids is 5. The fraction of sp³-hybridized carbons (Fsp3) is 0.320. The molecule has 0 radical (unpaired) electrons. The molecule has 3 saturated heterocycles. The predicted molar refractivity (Wildman–Crippen MR) is 145 cm³/mol. The number of hydrogen-bond acceptors (Lipinski definition) is 17. The molecule has 6 rings (SSSR count). The van der Waals surface area contributed by atoms with Gasteiger partial charge in [0.05, 0.1) is 17.5 Å². The van der Waals surface area contributed by atoms with Gasteiger partial charge < -0.3 is 45.8 Å². The number of phenolic OH excluding ortho intramolecular Hbond substituents is 2. The third-order valence-corrected chi connectivity index (χ3v) is 8.20. The van der Waals surface area contributed by atoms with E-state index in [1.54, 1.807) is 0 Å². The summed E-state index contributed by atoms with van der Waals surface area (Å²) in [5, 5.41) is 46.5. The molecule has 246 valence electrons. The standard InChI is InChI=1S/C25H20N6O15S/c26-23-28-11(5-47-23)15(29-46-24(21(39)40)6-43-7-24)16(34)27-10-4-44-31(19(10)37)25(22(41)42)3-12(20(38)45-25)30-17(35)8-1-13(32)14(33)2-9(8)18(30)36/h1-2,5,10,12,32-33H,3-4,6-7H2,(H2,26,28)(H,27,34)(H,39,40)(H,41,42)/b29-15-/t10-,12-,25?/m0/s1. The van der Waals surface area contributed by atoms with Crippen molar-refractivity contribution in [3.05, 3.63) is 34.3 Å². The molecule has 4 amide bonds. The van der Waals surface area contributed by atoms with E-state index >= 15 is 0 Å². The third kappa shape index (κ3) is 4.81. The summed E-state index contributed by atoms with van der Waals surface area (Å²) in [6.07, 6.45) is -1.00. The Kier molecular flexibility index (Phi) is 7.21. The number of fused-ring (bicyclic) bond motifs is 1. The van der Waals surface area contributed by atoms with Crippen molar-refractivity contribution < 1.29 is 73.1 Å². The minimum atomic E-state index is -2.92. The molecule has 0 spiro atoms. The van der Waals surface area contributed by atoms with E-state index < -0.39 is 95.2 Å². The monoisotopic (exact) mass is 676 g/mol. The van der Waals surface area contributed by atoms with Gasteiger partial charge in [-0.05, 0) is 12.1 Å². The maximum atomic E-state index is 13.4. The van der Waals surface area contributed by atoms with Crippen molar-refractivity contribution in [3.63, 3.8) is 0 Å². The number of nitrogen functional groups attached to an aromatic ring is 1. The van der Waals surface area contributed by atoms with Crippen molar-refractivity contribution >= 4 is 63.7 Å². The number of carbonyl (C=O) groups is 7. The second-order valence-corrected chi connectivity index (χ2v) is 11.3. The van der Waals surface area contributed by atoms with Crippen LogP contribution in [-0.2, 0) is 43.1 Å². The highest BCUT2D eigenvalue weighted by atomic mass is 32.1. The number of rotatable bonds is 9. The van der Waals surface area contributed by atoms with Gasteiger partial charge in [-0.25, -0.2) is 19.4 Å². The minimum Gasteiger partial charge on any atom is -0.504 e. The Hall–Kier alpha value is -5.87. The zero-order valence-corrected chi connectivity index (χ0v) is 24.1. The van der Waals surface area contributed by atoms with Crippen LogP contribution in [0, 0.1) is 0 Å². The van der Waals surface area contributed by atoms with Gasteiger partial charge >= 0.3 is 23.6 Å².